The third-order valence-corrected chi connectivity index (χ3v) is 5.76. The fourth-order valence-electron chi connectivity index (χ4n) is 2.39. The van der Waals surface area contributed by atoms with Gasteiger partial charge < -0.3 is 0 Å². The molecule has 0 amide bonds. The lowest BCUT2D eigenvalue weighted by Gasteiger charge is -2.26. The predicted molar refractivity (Wildman–Crippen MR) is 69.6 cm³/mol. The van der Waals surface area contributed by atoms with Gasteiger partial charge in [-0.15, -0.1) is 0 Å². The summed E-state index contributed by atoms with van der Waals surface area (Å²) in [5.41, 5.74) is 0.754. The third kappa shape index (κ3) is 2.31. The van der Waals surface area contributed by atoms with E-state index in [1.165, 1.54) is 6.20 Å². The van der Waals surface area contributed by atoms with Crippen LogP contribution in [0.25, 0.3) is 0 Å². The van der Waals surface area contributed by atoms with Crippen LogP contribution in [0.4, 0.5) is 0 Å². The zero-order valence-corrected chi connectivity index (χ0v) is 12.2. The molecule has 2 rings (SSSR count). The highest BCUT2D eigenvalue weighted by Crippen LogP contribution is 2.35. The molecule has 1 N–H and O–H groups in total. The molecule has 1 aliphatic heterocycles. The number of H-pyrrole nitrogens is 1. The number of hydrogen-bond donors (Lipinski definition) is 1. The maximum Gasteiger partial charge on any atom is 0.246 e. The van der Waals surface area contributed by atoms with Gasteiger partial charge in [-0.2, -0.15) is 9.40 Å². The van der Waals surface area contributed by atoms with Gasteiger partial charge in [0, 0.05) is 13.1 Å². The second-order valence-corrected chi connectivity index (χ2v) is 7.98. The highest BCUT2D eigenvalue weighted by molar-refractivity contribution is 7.89. The highest BCUT2D eigenvalue weighted by Gasteiger charge is 2.38. The Morgan fingerprint density at radius 2 is 2.11 bits per heavy atom. The van der Waals surface area contributed by atoms with Crippen molar-refractivity contribution in [1.82, 2.24) is 14.5 Å². The minimum atomic E-state index is -3.38. The van der Waals surface area contributed by atoms with Crippen LogP contribution in [-0.4, -0.2) is 36.0 Å². The van der Waals surface area contributed by atoms with Gasteiger partial charge in [0.05, 0.1) is 11.9 Å². The largest absolute Gasteiger partial charge is 0.281 e. The fraction of sp³-hybridized carbons (Fsp3) is 0.750. The molecule has 1 aliphatic rings. The Labute approximate surface area is 109 Å². The molecule has 1 aromatic heterocycles. The van der Waals surface area contributed by atoms with E-state index >= 15 is 0 Å². The molecule has 1 saturated heterocycles. The van der Waals surface area contributed by atoms with Crippen molar-refractivity contribution in [3.8, 4) is 0 Å². The van der Waals surface area contributed by atoms with E-state index in [0.717, 1.165) is 6.42 Å². The molecule has 1 aromatic rings. The van der Waals surface area contributed by atoms with Crippen molar-refractivity contribution < 1.29 is 8.42 Å². The van der Waals surface area contributed by atoms with Crippen LogP contribution in [0.2, 0.25) is 0 Å². The molecule has 6 heteroatoms. The number of aryl methyl sites for hydroxylation is 1. The lowest BCUT2D eigenvalue weighted by atomic mass is 9.80. The number of sulfonamides is 1. The summed E-state index contributed by atoms with van der Waals surface area (Å²) in [7, 11) is -3.38. The maximum absolute atomic E-state index is 12.5. The topological polar surface area (TPSA) is 66.1 Å². The third-order valence-electron chi connectivity index (χ3n) is 3.78. The van der Waals surface area contributed by atoms with E-state index in [4.69, 9.17) is 0 Å². The van der Waals surface area contributed by atoms with Crippen molar-refractivity contribution in [3.05, 3.63) is 11.9 Å². The molecule has 5 nitrogen and oxygen atoms in total. The number of rotatable bonds is 2. The molecule has 1 fully saturated rings. The van der Waals surface area contributed by atoms with Crippen molar-refractivity contribution in [2.45, 2.75) is 39.0 Å². The molecule has 102 valence electrons. The lowest BCUT2D eigenvalue weighted by Crippen LogP contribution is -2.31. The van der Waals surface area contributed by atoms with Gasteiger partial charge in [0.25, 0.3) is 0 Å². The van der Waals surface area contributed by atoms with Gasteiger partial charge in [-0.25, -0.2) is 8.42 Å². The van der Waals surface area contributed by atoms with Crippen LogP contribution in [0.5, 0.6) is 0 Å². The minimum absolute atomic E-state index is 0.149. The lowest BCUT2D eigenvalue weighted by molar-refractivity contribution is 0.252. The van der Waals surface area contributed by atoms with Crippen molar-refractivity contribution in [2.24, 2.45) is 11.3 Å². The number of nitrogens with one attached hydrogen (secondary N) is 1. The van der Waals surface area contributed by atoms with Crippen molar-refractivity contribution in [2.75, 3.05) is 13.1 Å². The van der Waals surface area contributed by atoms with Crippen molar-refractivity contribution in [1.29, 1.82) is 0 Å². The predicted octanol–water partition coefficient (Wildman–Crippen LogP) is 1.77. The zero-order valence-electron chi connectivity index (χ0n) is 11.4. The molecule has 0 bridgehead atoms. The highest BCUT2D eigenvalue weighted by atomic mass is 32.2. The molecule has 0 aromatic carbocycles. The number of aromatic nitrogens is 2. The Balaban J connectivity index is 2.22. The van der Waals surface area contributed by atoms with Gasteiger partial charge in [-0.1, -0.05) is 20.8 Å². The van der Waals surface area contributed by atoms with Crippen molar-refractivity contribution in [3.63, 3.8) is 0 Å². The summed E-state index contributed by atoms with van der Waals surface area (Å²) < 4.78 is 26.5. The van der Waals surface area contributed by atoms with Crippen molar-refractivity contribution >= 4 is 10.0 Å². The van der Waals surface area contributed by atoms with E-state index in [0.29, 0.717) is 29.6 Å². The van der Waals surface area contributed by atoms with E-state index in [2.05, 4.69) is 31.0 Å². The molecule has 1 atom stereocenters. The average Bonchev–Trinajstić information content (AvgIpc) is 2.83. The summed E-state index contributed by atoms with van der Waals surface area (Å²) in [6.07, 6.45) is 2.33. The summed E-state index contributed by atoms with van der Waals surface area (Å²) in [4.78, 5) is 0.303. The quantitative estimate of drug-likeness (QED) is 0.891. The van der Waals surface area contributed by atoms with E-state index in [1.54, 1.807) is 11.2 Å². The van der Waals surface area contributed by atoms with Gasteiger partial charge in [-0.05, 0) is 24.7 Å². The van der Waals surface area contributed by atoms with Crippen LogP contribution >= 0.6 is 0 Å². The number of aromatic amines is 1. The number of nitrogens with zero attached hydrogens (tertiary/aromatic N) is 2. The van der Waals surface area contributed by atoms with E-state index in [9.17, 15) is 8.42 Å². The summed E-state index contributed by atoms with van der Waals surface area (Å²) in [5.74, 6) is 0.416. The molecule has 0 spiro atoms. The molecule has 0 aliphatic carbocycles. The molecular weight excluding hydrogens is 250 g/mol. The number of hydrogen-bond acceptors (Lipinski definition) is 3. The Morgan fingerprint density at radius 1 is 1.44 bits per heavy atom. The normalized spacial score (nSPS) is 22.6. The van der Waals surface area contributed by atoms with Gasteiger partial charge >= 0.3 is 0 Å². The average molecular weight is 271 g/mol. The fourth-order valence-corrected chi connectivity index (χ4v) is 4.01. The molecule has 1 unspecified atom stereocenters. The summed E-state index contributed by atoms with van der Waals surface area (Å²) in [5, 5.41) is 6.48. The molecular formula is C12H21N3O2S. The first kappa shape index (κ1) is 13.5. The SMILES string of the molecule is Cc1[nH]ncc1S(=O)(=O)N1CCC(C(C)(C)C)C1. The molecule has 0 saturated carbocycles. The van der Waals surface area contributed by atoms with E-state index in [-0.39, 0.29) is 5.41 Å². The summed E-state index contributed by atoms with van der Waals surface area (Å²) in [6.45, 7) is 9.44. The Morgan fingerprint density at radius 3 is 2.56 bits per heavy atom. The smallest absolute Gasteiger partial charge is 0.246 e. The van der Waals surface area contributed by atoms with Crippen LogP contribution in [0.15, 0.2) is 11.1 Å². The molecule has 2 heterocycles. The van der Waals surface area contributed by atoms with Crippen LogP contribution < -0.4 is 0 Å². The summed E-state index contributed by atoms with van der Waals surface area (Å²) >= 11 is 0. The molecule has 18 heavy (non-hydrogen) atoms. The Bertz CT molecular complexity index is 528. The first-order valence-corrected chi connectivity index (χ1v) is 7.67. The zero-order chi connectivity index (χ0) is 13.6. The Hall–Kier alpha value is -0.880. The molecule has 0 radical (unpaired) electrons. The summed E-state index contributed by atoms with van der Waals surface area (Å²) in [6, 6.07) is 0. The van der Waals surface area contributed by atoms with Crippen LogP contribution in [-0.2, 0) is 10.0 Å². The van der Waals surface area contributed by atoms with E-state index < -0.39 is 10.0 Å². The Kier molecular flexibility index (Phi) is 3.27. The van der Waals surface area contributed by atoms with Gasteiger partial charge in [0.1, 0.15) is 4.90 Å². The maximum atomic E-state index is 12.5. The standard InChI is InChI=1S/C12H21N3O2S/c1-9-11(7-13-14-9)18(16,17)15-6-5-10(8-15)12(2,3)4/h7,10H,5-6,8H2,1-4H3,(H,13,14). The first-order valence-electron chi connectivity index (χ1n) is 6.23. The van der Waals surface area contributed by atoms with Crippen LogP contribution in [0, 0.1) is 18.3 Å². The van der Waals surface area contributed by atoms with Gasteiger partial charge in [0.15, 0.2) is 0 Å². The van der Waals surface area contributed by atoms with Gasteiger partial charge in [0.2, 0.25) is 10.0 Å². The van der Waals surface area contributed by atoms with E-state index in [1.807, 2.05) is 0 Å². The first-order chi connectivity index (χ1) is 8.23. The van der Waals surface area contributed by atoms with Gasteiger partial charge in [-0.3, -0.25) is 5.10 Å². The monoisotopic (exact) mass is 271 g/mol. The van der Waals surface area contributed by atoms with Crippen LogP contribution in [0.3, 0.4) is 0 Å². The second-order valence-electron chi connectivity index (χ2n) is 6.07. The second kappa shape index (κ2) is 4.35. The van der Waals surface area contributed by atoms with Crippen LogP contribution in [0.1, 0.15) is 32.9 Å². The minimum Gasteiger partial charge on any atom is -0.281 e.